The average Bonchev–Trinajstić information content (AvgIpc) is 2.76. The van der Waals surface area contributed by atoms with Crippen LogP contribution < -0.4 is 5.56 Å². The van der Waals surface area contributed by atoms with Gasteiger partial charge in [0, 0.05) is 30.8 Å². The van der Waals surface area contributed by atoms with E-state index in [1.807, 2.05) is 12.1 Å². The molecule has 27 heavy (non-hydrogen) atoms. The summed E-state index contributed by atoms with van der Waals surface area (Å²) in [5.41, 5.74) is 2.92. The van der Waals surface area contributed by atoms with Crippen LogP contribution in [0.25, 0.3) is 11.3 Å². The van der Waals surface area contributed by atoms with Crippen molar-refractivity contribution in [2.45, 2.75) is 50.9 Å². The van der Waals surface area contributed by atoms with Crippen molar-refractivity contribution in [3.8, 4) is 11.3 Å². The van der Waals surface area contributed by atoms with E-state index in [1.165, 1.54) is 36.5 Å². The highest BCUT2D eigenvalue weighted by molar-refractivity contribution is 5.60. The van der Waals surface area contributed by atoms with Crippen molar-refractivity contribution in [1.82, 2.24) is 14.7 Å². The molecule has 0 saturated heterocycles. The lowest BCUT2D eigenvalue weighted by atomic mass is 9.91. The third-order valence-corrected chi connectivity index (χ3v) is 5.63. The molecule has 0 radical (unpaired) electrons. The zero-order valence-corrected chi connectivity index (χ0v) is 15.0. The van der Waals surface area contributed by atoms with Crippen molar-refractivity contribution in [1.29, 1.82) is 0 Å². The van der Waals surface area contributed by atoms with Crippen LogP contribution in [0.4, 0.5) is 13.2 Å². The number of hydrogen-bond acceptors (Lipinski definition) is 3. The van der Waals surface area contributed by atoms with Crippen molar-refractivity contribution in [2.75, 3.05) is 13.1 Å². The minimum Gasteiger partial charge on any atom is -0.300 e. The number of hydrogen-bond donors (Lipinski definition) is 0. The molecule has 0 unspecified atom stereocenters. The van der Waals surface area contributed by atoms with Gasteiger partial charge in [-0.15, -0.1) is 0 Å². The second-order valence-corrected chi connectivity index (χ2v) is 7.43. The highest BCUT2D eigenvalue weighted by Gasteiger charge is 2.29. The second kappa shape index (κ2) is 7.11. The molecule has 1 saturated carbocycles. The van der Waals surface area contributed by atoms with E-state index < -0.39 is 18.3 Å². The van der Waals surface area contributed by atoms with Crippen molar-refractivity contribution >= 4 is 0 Å². The maximum Gasteiger partial charge on any atom is 0.408 e. The molecule has 0 spiro atoms. The highest BCUT2D eigenvalue weighted by Crippen LogP contribution is 2.29. The van der Waals surface area contributed by atoms with Gasteiger partial charge in [0.05, 0.1) is 5.69 Å². The van der Waals surface area contributed by atoms with Gasteiger partial charge in [0.2, 0.25) is 0 Å². The predicted octanol–water partition coefficient (Wildman–Crippen LogP) is 3.43. The molecule has 2 heterocycles. The van der Waals surface area contributed by atoms with Crippen LogP contribution in [0.15, 0.2) is 35.1 Å². The van der Waals surface area contributed by atoms with Gasteiger partial charge in [-0.3, -0.25) is 9.69 Å². The van der Waals surface area contributed by atoms with Gasteiger partial charge in [-0.2, -0.15) is 18.3 Å². The Hall–Kier alpha value is -2.15. The van der Waals surface area contributed by atoms with Crippen molar-refractivity contribution < 1.29 is 13.2 Å². The van der Waals surface area contributed by atoms with E-state index in [2.05, 4.69) is 16.1 Å². The lowest BCUT2D eigenvalue weighted by molar-refractivity contribution is -0.143. The fraction of sp³-hybridized carbons (Fsp3) is 0.500. The number of aromatic nitrogens is 2. The summed E-state index contributed by atoms with van der Waals surface area (Å²) in [6, 6.07) is 9.32. The van der Waals surface area contributed by atoms with Crippen LogP contribution in [0, 0.1) is 0 Å². The Kier molecular flexibility index (Phi) is 4.80. The topological polar surface area (TPSA) is 38.1 Å². The molecule has 1 fully saturated rings. The molecule has 1 aromatic heterocycles. The molecule has 0 N–H and O–H groups in total. The van der Waals surface area contributed by atoms with Crippen LogP contribution >= 0.6 is 0 Å². The Bertz CT molecular complexity index is 887. The Morgan fingerprint density at radius 1 is 1.04 bits per heavy atom. The molecule has 0 bridgehead atoms. The van der Waals surface area contributed by atoms with E-state index in [0.29, 0.717) is 16.4 Å². The van der Waals surface area contributed by atoms with Crippen molar-refractivity contribution in [2.24, 2.45) is 0 Å². The molecule has 144 valence electrons. The van der Waals surface area contributed by atoms with Crippen LogP contribution in [-0.2, 0) is 19.4 Å². The molecule has 1 aromatic carbocycles. The quantitative estimate of drug-likeness (QED) is 0.823. The smallest absolute Gasteiger partial charge is 0.300 e. The van der Waals surface area contributed by atoms with Gasteiger partial charge in [-0.05, 0) is 48.9 Å². The summed E-state index contributed by atoms with van der Waals surface area (Å²) in [6.07, 6.45) is 1.33. The normalized spacial score (nSPS) is 18.6. The highest BCUT2D eigenvalue weighted by atomic mass is 19.4. The first kappa shape index (κ1) is 18.2. The first-order valence-electron chi connectivity index (χ1n) is 9.40. The maximum atomic E-state index is 12.7. The molecule has 0 amide bonds. The van der Waals surface area contributed by atoms with Crippen LogP contribution in [0.3, 0.4) is 0 Å². The first-order valence-corrected chi connectivity index (χ1v) is 9.40. The summed E-state index contributed by atoms with van der Waals surface area (Å²) in [6.45, 7) is 0.703. The number of fused-ring (bicyclic) bond motifs is 1. The molecular formula is C20H22F3N3O. The number of nitrogens with zero attached hydrogens (tertiary/aromatic N) is 3. The fourth-order valence-electron chi connectivity index (χ4n) is 3.90. The molecule has 4 nitrogen and oxygen atoms in total. The van der Waals surface area contributed by atoms with E-state index in [-0.39, 0.29) is 0 Å². The number of rotatable bonds is 3. The van der Waals surface area contributed by atoms with Gasteiger partial charge in [0.1, 0.15) is 6.54 Å². The van der Waals surface area contributed by atoms with Gasteiger partial charge in [-0.1, -0.05) is 18.6 Å². The summed E-state index contributed by atoms with van der Waals surface area (Å²) in [5.74, 6) is 0. The molecular weight excluding hydrogens is 355 g/mol. The monoisotopic (exact) mass is 377 g/mol. The number of benzene rings is 1. The zero-order valence-electron chi connectivity index (χ0n) is 15.0. The van der Waals surface area contributed by atoms with Crippen LogP contribution in [-0.4, -0.2) is 40.0 Å². The van der Waals surface area contributed by atoms with Gasteiger partial charge in [-0.25, -0.2) is 4.68 Å². The van der Waals surface area contributed by atoms with Crippen LogP contribution in [0.5, 0.6) is 0 Å². The summed E-state index contributed by atoms with van der Waals surface area (Å²) >= 11 is 0. The maximum absolute atomic E-state index is 12.7. The number of alkyl halides is 3. The van der Waals surface area contributed by atoms with E-state index in [9.17, 15) is 18.0 Å². The van der Waals surface area contributed by atoms with E-state index >= 15 is 0 Å². The van der Waals surface area contributed by atoms with Gasteiger partial charge in [0.25, 0.3) is 5.56 Å². The Balaban J connectivity index is 1.58. The summed E-state index contributed by atoms with van der Waals surface area (Å²) in [4.78, 5) is 14.2. The minimum absolute atomic E-state index is 0.391. The minimum atomic E-state index is -4.48. The Labute approximate surface area is 155 Å². The van der Waals surface area contributed by atoms with E-state index in [4.69, 9.17) is 0 Å². The van der Waals surface area contributed by atoms with E-state index in [0.717, 1.165) is 37.6 Å². The third-order valence-electron chi connectivity index (χ3n) is 5.63. The summed E-state index contributed by atoms with van der Waals surface area (Å²) < 4.78 is 38.5. The molecule has 2 aliphatic rings. The first-order chi connectivity index (χ1) is 12.9. The van der Waals surface area contributed by atoms with Crippen molar-refractivity contribution in [3.63, 3.8) is 0 Å². The second-order valence-electron chi connectivity index (χ2n) is 7.43. The molecule has 1 aliphatic carbocycles. The lowest BCUT2D eigenvalue weighted by Crippen LogP contribution is -2.41. The van der Waals surface area contributed by atoms with Gasteiger partial charge < -0.3 is 0 Å². The Morgan fingerprint density at radius 3 is 2.44 bits per heavy atom. The van der Waals surface area contributed by atoms with Gasteiger partial charge >= 0.3 is 6.18 Å². The zero-order chi connectivity index (χ0) is 19.0. The SMILES string of the molecule is O=c1ccc(-c2ccc3c(c2)CCN(C2CCC2)CC3)nn1CC(F)(F)F. The molecule has 7 heteroatoms. The number of halogens is 3. The molecule has 2 aromatic rings. The third kappa shape index (κ3) is 4.08. The molecule has 4 rings (SSSR count). The standard InChI is InChI=1S/C20H22F3N3O/c21-20(22,23)13-26-19(27)7-6-18(24-26)16-5-4-14-8-10-25(17-2-1-3-17)11-9-15(14)12-16/h4-7,12,17H,1-3,8-11,13H2. The predicted molar refractivity (Wildman–Crippen MR) is 96.6 cm³/mol. The molecule has 0 atom stereocenters. The van der Waals surface area contributed by atoms with Crippen LogP contribution in [0.2, 0.25) is 0 Å². The average molecular weight is 377 g/mol. The fourth-order valence-corrected chi connectivity index (χ4v) is 3.90. The van der Waals surface area contributed by atoms with Crippen molar-refractivity contribution in [3.05, 3.63) is 51.8 Å². The van der Waals surface area contributed by atoms with E-state index in [1.54, 1.807) is 0 Å². The van der Waals surface area contributed by atoms with Crippen LogP contribution in [0.1, 0.15) is 30.4 Å². The lowest BCUT2D eigenvalue weighted by Gasteiger charge is -2.36. The molecule has 1 aliphatic heterocycles. The summed E-state index contributed by atoms with van der Waals surface area (Å²) in [7, 11) is 0. The summed E-state index contributed by atoms with van der Waals surface area (Å²) in [5, 5.41) is 3.94. The largest absolute Gasteiger partial charge is 0.408 e. The van der Waals surface area contributed by atoms with Gasteiger partial charge in [0.15, 0.2) is 0 Å². The Morgan fingerprint density at radius 2 is 1.78 bits per heavy atom.